The average Bonchev–Trinajstić information content (AvgIpc) is 3.12. The number of imidazole rings is 1. The van der Waals surface area contributed by atoms with Crippen molar-refractivity contribution in [3.05, 3.63) is 40.3 Å². The van der Waals surface area contributed by atoms with Gasteiger partial charge in [-0.2, -0.15) is 0 Å². The molecule has 7 nitrogen and oxygen atoms in total. The zero-order valence-electron chi connectivity index (χ0n) is 11.1. The van der Waals surface area contributed by atoms with Gasteiger partial charge in [0.15, 0.2) is 10.4 Å². The summed E-state index contributed by atoms with van der Waals surface area (Å²) in [5, 5.41) is 0. The van der Waals surface area contributed by atoms with Gasteiger partial charge in [-0.1, -0.05) is 0 Å². The number of amides is 1. The van der Waals surface area contributed by atoms with Crippen molar-refractivity contribution >= 4 is 27.8 Å². The van der Waals surface area contributed by atoms with E-state index in [9.17, 15) is 9.59 Å². The molecule has 0 saturated carbocycles. The van der Waals surface area contributed by atoms with Crippen molar-refractivity contribution in [2.75, 3.05) is 7.11 Å². The standard InChI is InChI=1S/C13H12BrN3O4/c1-20-13(19)9-4-7-8(16-6-15-7)5-17(9)12(18)10-2-3-11(14)21-10/h2-3,6,9H,4-5H2,1H3,(H,15,16). The summed E-state index contributed by atoms with van der Waals surface area (Å²) in [5.74, 6) is -0.669. The van der Waals surface area contributed by atoms with Gasteiger partial charge in [-0.3, -0.25) is 4.79 Å². The summed E-state index contributed by atoms with van der Waals surface area (Å²) in [6, 6.07) is 2.48. The summed E-state index contributed by atoms with van der Waals surface area (Å²) in [7, 11) is 1.30. The van der Waals surface area contributed by atoms with Crippen molar-refractivity contribution in [1.29, 1.82) is 0 Å². The SMILES string of the molecule is COC(=O)C1Cc2nc[nH]c2CN1C(=O)c1ccc(Br)o1. The quantitative estimate of drug-likeness (QED) is 0.826. The van der Waals surface area contributed by atoms with E-state index in [0.717, 1.165) is 11.4 Å². The molecule has 3 rings (SSSR count). The highest BCUT2D eigenvalue weighted by Crippen LogP contribution is 2.25. The van der Waals surface area contributed by atoms with Crippen LogP contribution in [0.2, 0.25) is 0 Å². The smallest absolute Gasteiger partial charge is 0.329 e. The molecule has 0 aliphatic carbocycles. The highest BCUT2D eigenvalue weighted by Gasteiger charge is 2.38. The van der Waals surface area contributed by atoms with Crippen LogP contribution in [-0.2, 0) is 22.5 Å². The molecule has 21 heavy (non-hydrogen) atoms. The van der Waals surface area contributed by atoms with Crippen LogP contribution in [0.1, 0.15) is 21.9 Å². The number of hydrogen-bond donors (Lipinski definition) is 1. The minimum absolute atomic E-state index is 0.166. The van der Waals surface area contributed by atoms with E-state index < -0.39 is 12.0 Å². The Balaban J connectivity index is 1.94. The lowest BCUT2D eigenvalue weighted by molar-refractivity contribution is -0.146. The molecule has 0 fully saturated rings. The number of ether oxygens (including phenoxy) is 1. The first-order chi connectivity index (χ1) is 10.1. The second-order valence-corrected chi connectivity index (χ2v) is 5.39. The lowest BCUT2D eigenvalue weighted by Crippen LogP contribution is -2.49. The van der Waals surface area contributed by atoms with Gasteiger partial charge < -0.3 is 19.0 Å². The van der Waals surface area contributed by atoms with Crippen molar-refractivity contribution in [2.24, 2.45) is 0 Å². The van der Waals surface area contributed by atoms with E-state index in [0.29, 0.717) is 11.1 Å². The summed E-state index contributed by atoms with van der Waals surface area (Å²) >= 11 is 3.16. The van der Waals surface area contributed by atoms with Crippen molar-refractivity contribution in [3.63, 3.8) is 0 Å². The predicted octanol–water partition coefficient (Wildman–Crippen LogP) is 1.51. The molecule has 1 N–H and O–H groups in total. The molecule has 1 aliphatic heterocycles. The van der Waals surface area contributed by atoms with E-state index in [4.69, 9.17) is 9.15 Å². The number of fused-ring (bicyclic) bond motifs is 1. The van der Waals surface area contributed by atoms with Crippen LogP contribution in [0.5, 0.6) is 0 Å². The van der Waals surface area contributed by atoms with Crippen LogP contribution in [0.4, 0.5) is 0 Å². The van der Waals surface area contributed by atoms with Crippen LogP contribution in [-0.4, -0.2) is 39.9 Å². The number of esters is 1. The minimum atomic E-state index is -0.706. The van der Waals surface area contributed by atoms with Gasteiger partial charge in [0, 0.05) is 6.42 Å². The topological polar surface area (TPSA) is 88.4 Å². The molecule has 0 radical (unpaired) electrons. The maximum atomic E-state index is 12.5. The van der Waals surface area contributed by atoms with Gasteiger partial charge in [0.25, 0.3) is 5.91 Å². The van der Waals surface area contributed by atoms with E-state index in [2.05, 4.69) is 25.9 Å². The van der Waals surface area contributed by atoms with Crippen LogP contribution in [0.3, 0.4) is 0 Å². The Hall–Kier alpha value is -2.09. The van der Waals surface area contributed by atoms with Gasteiger partial charge in [-0.15, -0.1) is 0 Å². The molecular weight excluding hydrogens is 342 g/mol. The number of rotatable bonds is 2. The fourth-order valence-corrected chi connectivity index (χ4v) is 2.67. The van der Waals surface area contributed by atoms with Crippen LogP contribution >= 0.6 is 15.9 Å². The Morgan fingerprint density at radius 1 is 1.52 bits per heavy atom. The first kappa shape index (κ1) is 13.9. The Kier molecular flexibility index (Phi) is 3.54. The highest BCUT2D eigenvalue weighted by atomic mass is 79.9. The van der Waals surface area contributed by atoms with Gasteiger partial charge >= 0.3 is 5.97 Å². The molecule has 1 atom stereocenters. The maximum Gasteiger partial charge on any atom is 0.329 e. The third-order valence-corrected chi connectivity index (χ3v) is 3.84. The maximum absolute atomic E-state index is 12.5. The number of methoxy groups -OCH3 is 1. The molecular formula is C13H12BrN3O4. The van der Waals surface area contributed by atoms with Gasteiger partial charge in [-0.05, 0) is 28.1 Å². The summed E-state index contributed by atoms with van der Waals surface area (Å²) in [4.78, 5) is 33.1. The normalized spacial score (nSPS) is 17.4. The largest absolute Gasteiger partial charge is 0.467 e. The van der Waals surface area contributed by atoms with Gasteiger partial charge in [0.05, 0.1) is 31.4 Å². The Labute approximate surface area is 128 Å². The average molecular weight is 354 g/mol. The number of nitrogens with one attached hydrogen (secondary N) is 1. The van der Waals surface area contributed by atoms with Crippen LogP contribution in [0.15, 0.2) is 27.5 Å². The van der Waals surface area contributed by atoms with Crippen molar-refractivity contribution < 1.29 is 18.7 Å². The van der Waals surface area contributed by atoms with E-state index in [-0.39, 0.29) is 18.2 Å². The number of H-pyrrole nitrogens is 1. The van der Waals surface area contributed by atoms with Crippen molar-refractivity contribution in [3.8, 4) is 0 Å². The number of hydrogen-bond acceptors (Lipinski definition) is 5. The van der Waals surface area contributed by atoms with Crippen molar-refractivity contribution in [2.45, 2.75) is 19.0 Å². The Bertz CT molecular complexity index is 693. The Morgan fingerprint density at radius 3 is 3.00 bits per heavy atom. The fraction of sp³-hybridized carbons (Fsp3) is 0.308. The van der Waals surface area contributed by atoms with Crippen LogP contribution in [0, 0.1) is 0 Å². The molecule has 0 aromatic carbocycles. The number of carbonyl (C=O) groups is 2. The number of furan rings is 1. The summed E-state index contributed by atoms with van der Waals surface area (Å²) in [6.45, 7) is 0.256. The molecule has 0 spiro atoms. The molecule has 0 saturated heterocycles. The van der Waals surface area contributed by atoms with E-state index in [1.807, 2.05) is 0 Å². The molecule has 2 aromatic rings. The number of nitrogens with zero attached hydrogens (tertiary/aromatic N) is 2. The van der Waals surface area contributed by atoms with E-state index in [1.165, 1.54) is 12.0 Å². The molecule has 3 heterocycles. The predicted molar refractivity (Wildman–Crippen MR) is 74.4 cm³/mol. The zero-order valence-corrected chi connectivity index (χ0v) is 12.7. The summed E-state index contributed by atoms with van der Waals surface area (Å²) in [6.07, 6.45) is 1.87. The number of carbonyl (C=O) groups excluding carboxylic acids is 2. The van der Waals surface area contributed by atoms with E-state index >= 15 is 0 Å². The molecule has 1 aliphatic rings. The van der Waals surface area contributed by atoms with E-state index in [1.54, 1.807) is 18.5 Å². The fourth-order valence-electron chi connectivity index (χ4n) is 2.37. The lowest BCUT2D eigenvalue weighted by atomic mass is 10.0. The Morgan fingerprint density at radius 2 is 2.33 bits per heavy atom. The monoisotopic (exact) mass is 353 g/mol. The number of aromatic nitrogens is 2. The third kappa shape index (κ3) is 2.46. The number of halogens is 1. The minimum Gasteiger partial charge on any atom is -0.467 e. The molecule has 1 unspecified atom stereocenters. The van der Waals surface area contributed by atoms with Crippen LogP contribution in [0.25, 0.3) is 0 Å². The highest BCUT2D eigenvalue weighted by molar-refractivity contribution is 9.10. The van der Waals surface area contributed by atoms with Crippen LogP contribution < -0.4 is 0 Å². The summed E-state index contributed by atoms with van der Waals surface area (Å²) in [5.41, 5.74) is 1.59. The van der Waals surface area contributed by atoms with Gasteiger partial charge in [-0.25, -0.2) is 9.78 Å². The molecule has 8 heteroatoms. The van der Waals surface area contributed by atoms with Crippen molar-refractivity contribution in [1.82, 2.24) is 14.9 Å². The number of aromatic amines is 1. The lowest BCUT2D eigenvalue weighted by Gasteiger charge is -2.32. The van der Waals surface area contributed by atoms with Gasteiger partial charge in [0.2, 0.25) is 0 Å². The molecule has 0 bridgehead atoms. The summed E-state index contributed by atoms with van der Waals surface area (Å²) < 4.78 is 10.5. The second kappa shape index (κ2) is 5.36. The van der Waals surface area contributed by atoms with Gasteiger partial charge in [0.1, 0.15) is 6.04 Å². The first-order valence-corrected chi connectivity index (χ1v) is 7.04. The first-order valence-electron chi connectivity index (χ1n) is 6.25. The zero-order chi connectivity index (χ0) is 15.0. The third-order valence-electron chi connectivity index (χ3n) is 3.42. The molecule has 110 valence electrons. The molecule has 1 amide bonds. The second-order valence-electron chi connectivity index (χ2n) is 4.61. The molecule has 2 aromatic heterocycles.